The van der Waals surface area contributed by atoms with Crippen molar-refractivity contribution in [2.75, 3.05) is 5.32 Å². The summed E-state index contributed by atoms with van der Waals surface area (Å²) in [7, 11) is 0. The van der Waals surface area contributed by atoms with Crippen LogP contribution in [0, 0.1) is 6.92 Å². The second-order valence-electron chi connectivity index (χ2n) is 6.53. The summed E-state index contributed by atoms with van der Waals surface area (Å²) in [4.78, 5) is 31.0. The van der Waals surface area contributed by atoms with Gasteiger partial charge in [0.2, 0.25) is 17.0 Å². The van der Waals surface area contributed by atoms with Crippen molar-refractivity contribution in [2.45, 2.75) is 18.6 Å². The average molecular weight is 407 g/mol. The first-order valence-corrected chi connectivity index (χ1v) is 9.74. The van der Waals surface area contributed by atoms with E-state index in [9.17, 15) is 14.7 Å². The Morgan fingerprint density at radius 1 is 1.21 bits per heavy atom. The maximum absolute atomic E-state index is 12.2. The van der Waals surface area contributed by atoms with Gasteiger partial charge in [-0.25, -0.2) is 0 Å². The number of benzene rings is 2. The van der Waals surface area contributed by atoms with Crippen molar-refractivity contribution in [3.8, 4) is 5.88 Å². The molecule has 3 N–H and O–H groups in total. The van der Waals surface area contributed by atoms with E-state index in [1.165, 1.54) is 0 Å². The first-order chi connectivity index (χ1) is 14.0. The van der Waals surface area contributed by atoms with Crippen LogP contribution in [0.3, 0.4) is 0 Å². The van der Waals surface area contributed by atoms with Crippen molar-refractivity contribution in [2.24, 2.45) is 15.2 Å². The van der Waals surface area contributed by atoms with Crippen molar-refractivity contribution in [3.63, 3.8) is 0 Å². The number of aromatic amines is 1. The first kappa shape index (κ1) is 18.9. The summed E-state index contributed by atoms with van der Waals surface area (Å²) in [5, 5.41) is 21.0. The molecule has 0 saturated heterocycles. The molecule has 2 heterocycles. The standard InChI is InChI=1S/C20H17N5O3S/c1-11-6-8-12(9-7-11)21-16(26)10-15-18(27)23-20(29-15)25-24-17-13-4-2-3-5-14(13)22-19(17)28/h2-9,15,22,28H,10H2,1H3,(H,21,26). The molecular formula is C20H17N5O3S. The fourth-order valence-corrected chi connectivity index (χ4v) is 3.74. The maximum atomic E-state index is 12.2. The smallest absolute Gasteiger partial charge is 0.262 e. The van der Waals surface area contributed by atoms with Crippen LogP contribution in [0.5, 0.6) is 5.88 Å². The number of aryl methyl sites for hydroxylation is 1. The summed E-state index contributed by atoms with van der Waals surface area (Å²) in [5.41, 5.74) is 2.76. The topological polar surface area (TPSA) is 119 Å². The Morgan fingerprint density at radius 3 is 2.76 bits per heavy atom. The van der Waals surface area contributed by atoms with Crippen LogP contribution in [-0.2, 0) is 9.59 Å². The molecule has 0 saturated carbocycles. The van der Waals surface area contributed by atoms with Gasteiger partial charge < -0.3 is 15.4 Å². The molecule has 9 heteroatoms. The molecular weight excluding hydrogens is 390 g/mol. The zero-order valence-electron chi connectivity index (χ0n) is 15.4. The van der Waals surface area contributed by atoms with E-state index in [-0.39, 0.29) is 29.1 Å². The number of aliphatic imine (C=N–C) groups is 1. The molecule has 2 amide bonds. The predicted molar refractivity (Wildman–Crippen MR) is 113 cm³/mol. The number of nitrogens with zero attached hydrogens (tertiary/aromatic N) is 3. The van der Waals surface area contributed by atoms with Crippen molar-refractivity contribution >= 4 is 51.0 Å². The lowest BCUT2D eigenvalue weighted by Crippen LogP contribution is -2.21. The highest BCUT2D eigenvalue weighted by atomic mass is 32.2. The fourth-order valence-electron chi connectivity index (χ4n) is 2.87. The quantitative estimate of drug-likeness (QED) is 0.559. The summed E-state index contributed by atoms with van der Waals surface area (Å²) in [6, 6.07) is 14.7. The molecule has 3 aromatic rings. The van der Waals surface area contributed by atoms with Crippen molar-refractivity contribution in [3.05, 3.63) is 54.1 Å². The van der Waals surface area contributed by atoms with Crippen LogP contribution >= 0.6 is 11.8 Å². The zero-order valence-corrected chi connectivity index (χ0v) is 16.2. The summed E-state index contributed by atoms with van der Waals surface area (Å²) in [6.07, 6.45) is -0.0156. The van der Waals surface area contributed by atoms with Gasteiger partial charge >= 0.3 is 0 Å². The minimum absolute atomic E-state index is 0.0156. The third-order valence-electron chi connectivity index (χ3n) is 4.33. The number of aromatic hydroxyl groups is 1. The number of nitrogens with one attached hydrogen (secondary N) is 2. The van der Waals surface area contributed by atoms with Gasteiger partial charge in [0.15, 0.2) is 5.69 Å². The normalized spacial score (nSPS) is 16.5. The molecule has 29 heavy (non-hydrogen) atoms. The van der Waals surface area contributed by atoms with Gasteiger partial charge in [-0.3, -0.25) is 9.59 Å². The summed E-state index contributed by atoms with van der Waals surface area (Å²) in [5.74, 6) is -0.813. The van der Waals surface area contributed by atoms with Gasteiger partial charge in [0.1, 0.15) is 5.25 Å². The number of H-pyrrole nitrogens is 1. The minimum Gasteiger partial charge on any atom is -0.493 e. The van der Waals surface area contributed by atoms with E-state index >= 15 is 0 Å². The fraction of sp³-hybridized carbons (Fsp3) is 0.150. The van der Waals surface area contributed by atoms with Crippen LogP contribution in [0.4, 0.5) is 11.4 Å². The number of anilines is 1. The number of carbonyl (C=O) groups is 2. The number of amidine groups is 1. The second-order valence-corrected chi connectivity index (χ2v) is 7.70. The molecule has 0 spiro atoms. The number of carbonyl (C=O) groups excluding carboxylic acids is 2. The highest BCUT2D eigenvalue weighted by Gasteiger charge is 2.31. The SMILES string of the molecule is Cc1ccc(NC(=O)CC2SC(N=Nc3c(O)[nH]c4ccccc34)=NC2=O)cc1. The van der Waals surface area contributed by atoms with E-state index in [0.29, 0.717) is 11.1 Å². The molecule has 0 fully saturated rings. The number of para-hydroxylation sites is 1. The molecule has 1 aromatic heterocycles. The molecule has 8 nitrogen and oxygen atoms in total. The van der Waals surface area contributed by atoms with Crippen LogP contribution in [0.1, 0.15) is 12.0 Å². The van der Waals surface area contributed by atoms with Crippen LogP contribution in [0.25, 0.3) is 10.9 Å². The van der Waals surface area contributed by atoms with E-state index in [2.05, 4.69) is 25.5 Å². The number of fused-ring (bicyclic) bond motifs is 1. The number of amides is 2. The number of thioether (sulfide) groups is 1. The third-order valence-corrected chi connectivity index (χ3v) is 5.37. The number of rotatable bonds is 4. The Kier molecular flexibility index (Phi) is 5.13. The molecule has 1 unspecified atom stereocenters. The average Bonchev–Trinajstić information content (AvgIpc) is 3.20. The maximum Gasteiger partial charge on any atom is 0.262 e. The van der Waals surface area contributed by atoms with E-state index in [4.69, 9.17) is 0 Å². The molecule has 1 aliphatic heterocycles. The molecule has 2 aromatic carbocycles. The van der Waals surface area contributed by atoms with Crippen molar-refractivity contribution in [1.29, 1.82) is 0 Å². The monoisotopic (exact) mass is 407 g/mol. The highest BCUT2D eigenvalue weighted by Crippen LogP contribution is 2.36. The molecule has 4 rings (SSSR count). The Hall–Kier alpha value is -3.46. The zero-order chi connectivity index (χ0) is 20.4. The van der Waals surface area contributed by atoms with Gasteiger partial charge in [-0.15, -0.1) is 10.2 Å². The molecule has 1 aliphatic rings. The lowest BCUT2D eigenvalue weighted by atomic mass is 10.2. The van der Waals surface area contributed by atoms with Gasteiger partial charge in [-0.1, -0.05) is 47.7 Å². The van der Waals surface area contributed by atoms with Crippen molar-refractivity contribution < 1.29 is 14.7 Å². The Bertz CT molecular complexity index is 1150. The van der Waals surface area contributed by atoms with E-state index in [1.54, 1.807) is 18.2 Å². The van der Waals surface area contributed by atoms with Gasteiger partial charge in [0, 0.05) is 17.5 Å². The summed E-state index contributed by atoms with van der Waals surface area (Å²) >= 11 is 1.08. The Balaban J connectivity index is 1.40. The Morgan fingerprint density at radius 2 is 1.97 bits per heavy atom. The van der Waals surface area contributed by atoms with E-state index in [0.717, 1.165) is 22.8 Å². The molecule has 0 aliphatic carbocycles. The van der Waals surface area contributed by atoms with Gasteiger partial charge in [0.25, 0.3) is 5.91 Å². The van der Waals surface area contributed by atoms with Crippen LogP contribution in [0.15, 0.2) is 63.8 Å². The number of aromatic nitrogens is 1. The molecule has 1 atom stereocenters. The lowest BCUT2D eigenvalue weighted by molar-refractivity contribution is -0.121. The van der Waals surface area contributed by atoms with Gasteiger partial charge in [-0.2, -0.15) is 4.99 Å². The van der Waals surface area contributed by atoms with Gasteiger partial charge in [0.05, 0.1) is 5.52 Å². The largest absolute Gasteiger partial charge is 0.493 e. The van der Waals surface area contributed by atoms with Crippen molar-refractivity contribution in [1.82, 2.24) is 4.98 Å². The van der Waals surface area contributed by atoms with E-state index < -0.39 is 11.2 Å². The second kappa shape index (κ2) is 7.88. The van der Waals surface area contributed by atoms with Crippen LogP contribution in [0.2, 0.25) is 0 Å². The highest BCUT2D eigenvalue weighted by molar-refractivity contribution is 8.15. The molecule has 0 radical (unpaired) electrons. The predicted octanol–water partition coefficient (Wildman–Crippen LogP) is 4.29. The number of hydrogen-bond donors (Lipinski definition) is 3. The summed E-state index contributed by atoms with van der Waals surface area (Å²) < 4.78 is 0. The number of hydrogen-bond acceptors (Lipinski definition) is 6. The van der Waals surface area contributed by atoms with Crippen LogP contribution in [-0.4, -0.2) is 32.3 Å². The molecule has 0 bridgehead atoms. The molecule has 146 valence electrons. The lowest BCUT2D eigenvalue weighted by Gasteiger charge is -2.08. The number of azo groups is 1. The Labute approximate surface area is 170 Å². The summed E-state index contributed by atoms with van der Waals surface area (Å²) in [6.45, 7) is 1.96. The minimum atomic E-state index is -0.647. The third kappa shape index (κ3) is 4.19. The van der Waals surface area contributed by atoms with E-state index in [1.807, 2.05) is 37.3 Å². The van der Waals surface area contributed by atoms with Crippen LogP contribution < -0.4 is 5.32 Å². The first-order valence-electron chi connectivity index (χ1n) is 8.87. The van der Waals surface area contributed by atoms with Gasteiger partial charge in [-0.05, 0) is 25.1 Å².